The average Bonchev–Trinajstić information content (AvgIpc) is 3.45. The van der Waals surface area contributed by atoms with Crippen LogP contribution in [0.3, 0.4) is 0 Å². The molecule has 2 saturated heterocycles. The molecular formula is C21H22N2O4. The lowest BCUT2D eigenvalue weighted by Crippen LogP contribution is -2.34. The zero-order valence-electron chi connectivity index (χ0n) is 15.0. The number of carbonyl (C=O) groups excluding carboxylic acids is 3. The molecule has 0 radical (unpaired) electrons. The second kappa shape index (κ2) is 6.30. The van der Waals surface area contributed by atoms with Crippen LogP contribution in [-0.2, 0) is 14.3 Å². The van der Waals surface area contributed by atoms with Gasteiger partial charge in [0.15, 0.2) is 0 Å². The van der Waals surface area contributed by atoms with Crippen LogP contribution in [0.2, 0.25) is 0 Å². The van der Waals surface area contributed by atoms with Gasteiger partial charge in [-0.15, -0.1) is 0 Å². The van der Waals surface area contributed by atoms with E-state index in [1.54, 1.807) is 24.3 Å². The highest BCUT2D eigenvalue weighted by Crippen LogP contribution is 2.53. The molecule has 3 amide bonds. The normalized spacial score (nSPS) is 33.8. The molecule has 2 bridgehead atoms. The van der Waals surface area contributed by atoms with Gasteiger partial charge < -0.3 is 10.1 Å². The number of allylic oxidation sites excluding steroid dienone is 2. The quantitative estimate of drug-likeness (QED) is 0.652. The van der Waals surface area contributed by atoms with Gasteiger partial charge in [0.05, 0.1) is 23.6 Å². The summed E-state index contributed by atoms with van der Waals surface area (Å²) in [4.78, 5) is 39.6. The second-order valence-corrected chi connectivity index (χ2v) is 7.91. The van der Waals surface area contributed by atoms with Crippen molar-refractivity contribution in [2.45, 2.75) is 25.4 Å². The summed E-state index contributed by atoms with van der Waals surface area (Å²) in [7, 11) is 0. The van der Waals surface area contributed by atoms with Gasteiger partial charge in [0.2, 0.25) is 11.8 Å². The molecule has 0 spiro atoms. The molecule has 27 heavy (non-hydrogen) atoms. The molecule has 5 rings (SSSR count). The first-order valence-corrected chi connectivity index (χ1v) is 9.69. The van der Waals surface area contributed by atoms with Crippen LogP contribution in [0, 0.1) is 23.7 Å². The maximum atomic E-state index is 12.9. The molecule has 0 aromatic heterocycles. The average molecular weight is 366 g/mol. The number of carbonyl (C=O) groups is 3. The number of nitrogens with one attached hydrogen (secondary N) is 1. The number of benzene rings is 1. The number of amides is 3. The van der Waals surface area contributed by atoms with E-state index in [0.29, 0.717) is 17.8 Å². The molecule has 4 aliphatic rings. The highest BCUT2D eigenvalue weighted by atomic mass is 16.5. The van der Waals surface area contributed by atoms with Gasteiger partial charge in [-0.05, 0) is 49.3 Å². The number of anilines is 1. The predicted octanol–water partition coefficient (Wildman–Crippen LogP) is 1.91. The first-order chi connectivity index (χ1) is 13.1. The Kier molecular flexibility index (Phi) is 3.90. The smallest absolute Gasteiger partial charge is 0.251 e. The predicted molar refractivity (Wildman–Crippen MR) is 98.0 cm³/mol. The van der Waals surface area contributed by atoms with Gasteiger partial charge in [0, 0.05) is 18.7 Å². The van der Waals surface area contributed by atoms with Gasteiger partial charge >= 0.3 is 0 Å². The van der Waals surface area contributed by atoms with Crippen molar-refractivity contribution in [3.63, 3.8) is 0 Å². The Morgan fingerprint density at radius 1 is 1.15 bits per heavy atom. The van der Waals surface area contributed by atoms with Gasteiger partial charge in [-0.3, -0.25) is 14.4 Å². The molecular weight excluding hydrogens is 344 g/mol. The molecule has 1 saturated carbocycles. The summed E-state index contributed by atoms with van der Waals surface area (Å²) in [5.74, 6) is -0.571. The third kappa shape index (κ3) is 2.62. The molecule has 2 heterocycles. The number of nitrogens with zero attached hydrogens (tertiary/aromatic N) is 1. The standard InChI is InChI=1S/C21H22N2O4/c24-19(22-11-16-5-2-8-27-16)14-3-1-4-15(10-14)23-20(25)17-12-6-7-13(9-12)18(17)21(23)26/h1,3-4,6-7,10,12-13,16-18H,2,5,8-9,11H2,(H,22,24)/t12-,13-,16-,17-,18+/m1/s1. The maximum absolute atomic E-state index is 12.9. The van der Waals surface area contributed by atoms with Crippen LogP contribution in [0.1, 0.15) is 29.6 Å². The summed E-state index contributed by atoms with van der Waals surface area (Å²) in [6, 6.07) is 6.78. The van der Waals surface area contributed by atoms with Crippen molar-refractivity contribution in [1.29, 1.82) is 0 Å². The van der Waals surface area contributed by atoms with Crippen molar-refractivity contribution in [2.75, 3.05) is 18.1 Å². The summed E-state index contributed by atoms with van der Waals surface area (Å²) in [6.45, 7) is 1.22. The minimum absolute atomic E-state index is 0.0706. The van der Waals surface area contributed by atoms with E-state index in [4.69, 9.17) is 4.74 Å². The van der Waals surface area contributed by atoms with Gasteiger partial charge in [-0.2, -0.15) is 0 Å². The van der Waals surface area contributed by atoms with Crippen molar-refractivity contribution >= 4 is 23.4 Å². The zero-order valence-corrected chi connectivity index (χ0v) is 15.0. The highest BCUT2D eigenvalue weighted by Gasteiger charge is 2.59. The first-order valence-electron chi connectivity index (χ1n) is 9.69. The Labute approximate surface area is 157 Å². The van der Waals surface area contributed by atoms with Crippen molar-refractivity contribution < 1.29 is 19.1 Å². The van der Waals surface area contributed by atoms with Crippen LogP contribution >= 0.6 is 0 Å². The Balaban J connectivity index is 1.34. The lowest BCUT2D eigenvalue weighted by atomic mass is 9.85. The summed E-state index contributed by atoms with van der Waals surface area (Å²) in [5, 5.41) is 2.88. The van der Waals surface area contributed by atoms with Crippen LogP contribution < -0.4 is 10.2 Å². The molecule has 2 aliphatic carbocycles. The number of hydrogen-bond acceptors (Lipinski definition) is 4. The van der Waals surface area contributed by atoms with E-state index in [0.717, 1.165) is 25.9 Å². The van der Waals surface area contributed by atoms with Crippen molar-refractivity contribution in [2.24, 2.45) is 23.7 Å². The fourth-order valence-electron chi connectivity index (χ4n) is 5.06. The third-order valence-corrected chi connectivity index (χ3v) is 6.35. The molecule has 6 heteroatoms. The van der Waals surface area contributed by atoms with Crippen LogP contribution in [0.4, 0.5) is 5.69 Å². The van der Waals surface area contributed by atoms with E-state index < -0.39 is 0 Å². The number of hydrogen-bond donors (Lipinski definition) is 1. The van der Waals surface area contributed by atoms with Crippen LogP contribution in [0.25, 0.3) is 0 Å². The zero-order chi connectivity index (χ0) is 18.5. The van der Waals surface area contributed by atoms with Crippen molar-refractivity contribution in [1.82, 2.24) is 5.32 Å². The lowest BCUT2D eigenvalue weighted by molar-refractivity contribution is -0.123. The lowest BCUT2D eigenvalue weighted by Gasteiger charge is -2.18. The summed E-state index contributed by atoms with van der Waals surface area (Å²) in [6.07, 6.45) is 7.11. The molecule has 1 N–H and O–H groups in total. The molecule has 5 atom stereocenters. The fraction of sp³-hybridized carbons (Fsp3) is 0.476. The van der Waals surface area contributed by atoms with Crippen LogP contribution in [0.5, 0.6) is 0 Å². The Hall–Kier alpha value is -2.47. The number of imide groups is 1. The highest BCUT2D eigenvalue weighted by molar-refractivity contribution is 6.23. The number of rotatable bonds is 4. The fourth-order valence-corrected chi connectivity index (χ4v) is 5.06. The molecule has 1 aromatic rings. The van der Waals surface area contributed by atoms with Gasteiger partial charge in [0.1, 0.15) is 0 Å². The van der Waals surface area contributed by atoms with Crippen LogP contribution in [-0.4, -0.2) is 37.0 Å². The van der Waals surface area contributed by atoms with E-state index in [1.165, 1.54) is 4.90 Å². The van der Waals surface area contributed by atoms with Gasteiger partial charge in [0.25, 0.3) is 5.91 Å². The molecule has 140 valence electrons. The SMILES string of the molecule is O=C(NC[C@H]1CCCO1)c1cccc(N2C(=O)[C@@H]3[C@H](C2=O)[C@@H]2C=C[C@@H]3C2)c1. The Bertz CT molecular complexity index is 812. The van der Waals surface area contributed by atoms with E-state index in [2.05, 4.69) is 17.5 Å². The van der Waals surface area contributed by atoms with E-state index in [9.17, 15) is 14.4 Å². The molecule has 2 aliphatic heterocycles. The minimum atomic E-state index is -0.232. The summed E-state index contributed by atoms with van der Waals surface area (Å²) < 4.78 is 5.52. The van der Waals surface area contributed by atoms with Gasteiger partial charge in [-0.25, -0.2) is 4.90 Å². The van der Waals surface area contributed by atoms with Crippen molar-refractivity contribution in [3.05, 3.63) is 42.0 Å². The summed E-state index contributed by atoms with van der Waals surface area (Å²) >= 11 is 0. The molecule has 6 nitrogen and oxygen atoms in total. The third-order valence-electron chi connectivity index (χ3n) is 6.35. The monoisotopic (exact) mass is 366 g/mol. The molecule has 0 unspecified atom stereocenters. The minimum Gasteiger partial charge on any atom is -0.376 e. The van der Waals surface area contributed by atoms with Crippen LogP contribution in [0.15, 0.2) is 36.4 Å². The topological polar surface area (TPSA) is 75.7 Å². The largest absolute Gasteiger partial charge is 0.376 e. The molecule has 1 aromatic carbocycles. The maximum Gasteiger partial charge on any atom is 0.251 e. The number of ether oxygens (including phenoxy) is 1. The summed E-state index contributed by atoms with van der Waals surface area (Å²) in [5.41, 5.74) is 0.938. The molecule has 3 fully saturated rings. The number of fused-ring (bicyclic) bond motifs is 5. The van der Waals surface area contributed by atoms with Crippen molar-refractivity contribution in [3.8, 4) is 0 Å². The Morgan fingerprint density at radius 2 is 1.89 bits per heavy atom. The van der Waals surface area contributed by atoms with E-state index in [-0.39, 0.29) is 47.5 Å². The second-order valence-electron chi connectivity index (χ2n) is 7.91. The van der Waals surface area contributed by atoms with Gasteiger partial charge in [-0.1, -0.05) is 18.2 Å². The van der Waals surface area contributed by atoms with E-state index >= 15 is 0 Å². The Morgan fingerprint density at radius 3 is 2.56 bits per heavy atom. The first kappa shape index (κ1) is 16.7. The van der Waals surface area contributed by atoms with E-state index in [1.807, 2.05) is 0 Å².